The van der Waals surface area contributed by atoms with Crippen LogP contribution in [0.3, 0.4) is 0 Å². The summed E-state index contributed by atoms with van der Waals surface area (Å²) in [5.74, 6) is -0.123. The first-order valence-corrected chi connectivity index (χ1v) is 10.1. The van der Waals surface area contributed by atoms with E-state index in [-0.39, 0.29) is 17.4 Å². The molecule has 0 aliphatic carbocycles. The number of carbonyl (C=O) groups excluding carboxylic acids is 1. The minimum Gasteiger partial charge on any atom is -0.462 e. The summed E-state index contributed by atoms with van der Waals surface area (Å²) in [6.45, 7) is 8.22. The van der Waals surface area contributed by atoms with Gasteiger partial charge in [0.25, 0.3) is 5.56 Å². The van der Waals surface area contributed by atoms with Gasteiger partial charge in [-0.05, 0) is 55.7 Å². The van der Waals surface area contributed by atoms with E-state index in [1.807, 2.05) is 33.8 Å². The number of fused-ring (bicyclic) bond motifs is 3. The highest BCUT2D eigenvalue weighted by molar-refractivity contribution is 7.25. The molecule has 0 unspecified atom stereocenters. The van der Waals surface area contributed by atoms with Crippen LogP contribution in [0.5, 0.6) is 0 Å². The lowest BCUT2D eigenvalue weighted by Gasteiger charge is -2.08. The highest BCUT2D eigenvalue weighted by Gasteiger charge is 2.17. The molecule has 1 aromatic carbocycles. The van der Waals surface area contributed by atoms with Gasteiger partial charge in [0.1, 0.15) is 15.0 Å². The molecule has 0 radical (unpaired) electrons. The van der Waals surface area contributed by atoms with Gasteiger partial charge in [0.15, 0.2) is 0 Å². The molecule has 29 heavy (non-hydrogen) atoms. The average molecular weight is 408 g/mol. The molecule has 8 heteroatoms. The molecule has 3 aromatic heterocycles. The number of rotatable bonds is 4. The van der Waals surface area contributed by atoms with Gasteiger partial charge < -0.3 is 4.74 Å². The smallest absolute Gasteiger partial charge is 0.338 e. The van der Waals surface area contributed by atoms with Gasteiger partial charge in [-0.2, -0.15) is 4.68 Å². The second-order valence-corrected chi connectivity index (χ2v) is 8.39. The van der Waals surface area contributed by atoms with Crippen molar-refractivity contribution in [3.63, 3.8) is 0 Å². The molecule has 0 spiro atoms. The maximum atomic E-state index is 13.0. The fourth-order valence-corrected chi connectivity index (χ4v) is 4.28. The summed E-state index contributed by atoms with van der Waals surface area (Å²) in [4.78, 5) is 30.4. The third kappa shape index (κ3) is 3.51. The number of hydrogen-bond donors (Lipinski definition) is 0. The summed E-state index contributed by atoms with van der Waals surface area (Å²) < 4.78 is 6.98. The lowest BCUT2D eigenvalue weighted by molar-refractivity contribution is 0.0459. The van der Waals surface area contributed by atoms with Crippen LogP contribution < -0.4 is 5.56 Å². The van der Waals surface area contributed by atoms with E-state index in [0.29, 0.717) is 28.1 Å². The van der Waals surface area contributed by atoms with Gasteiger partial charge >= 0.3 is 5.97 Å². The normalized spacial score (nSPS) is 11.5. The zero-order chi connectivity index (χ0) is 20.7. The Bertz CT molecular complexity index is 1290. The molecule has 4 aromatic rings. The van der Waals surface area contributed by atoms with Gasteiger partial charge in [-0.1, -0.05) is 19.1 Å². The zero-order valence-electron chi connectivity index (χ0n) is 16.6. The summed E-state index contributed by atoms with van der Waals surface area (Å²) in [7, 11) is 0. The number of benzene rings is 1. The first kappa shape index (κ1) is 19.2. The number of thiophene rings is 1. The van der Waals surface area contributed by atoms with Crippen LogP contribution in [0.1, 0.15) is 35.5 Å². The van der Waals surface area contributed by atoms with Gasteiger partial charge in [0, 0.05) is 11.1 Å². The molecule has 4 rings (SSSR count). The monoisotopic (exact) mass is 408 g/mol. The van der Waals surface area contributed by atoms with E-state index < -0.39 is 0 Å². The number of pyridine rings is 1. The maximum absolute atomic E-state index is 13.0. The van der Waals surface area contributed by atoms with Crippen LogP contribution in [0.4, 0.5) is 0 Å². The average Bonchev–Trinajstić information content (AvgIpc) is 3.06. The standard InChI is InChI=1S/C21H20N4O3S/c1-11(2)10-28-21(27)14-5-7-15(8-6-14)25-20(26)18-17(23-24-25)16-12(3)9-13(4)22-19(16)29-18/h5-9,11H,10H2,1-4H3. The number of hydrogen-bond acceptors (Lipinski definition) is 7. The highest BCUT2D eigenvalue weighted by Crippen LogP contribution is 2.31. The molecule has 148 valence electrons. The molecule has 0 saturated heterocycles. The van der Waals surface area contributed by atoms with Crippen LogP contribution in [-0.2, 0) is 4.74 Å². The Balaban J connectivity index is 1.74. The first-order chi connectivity index (χ1) is 13.8. The topological polar surface area (TPSA) is 87.0 Å². The Kier molecular flexibility index (Phi) is 4.87. The predicted octanol–water partition coefficient (Wildman–Crippen LogP) is 3.82. The Morgan fingerprint density at radius 2 is 1.93 bits per heavy atom. The second kappa shape index (κ2) is 7.36. The molecule has 0 bridgehead atoms. The molecule has 0 fully saturated rings. The molecule has 0 aliphatic rings. The Hall–Kier alpha value is -3.13. The maximum Gasteiger partial charge on any atom is 0.338 e. The van der Waals surface area contributed by atoms with Crippen LogP contribution in [0.25, 0.3) is 26.1 Å². The van der Waals surface area contributed by atoms with E-state index in [9.17, 15) is 9.59 Å². The summed E-state index contributed by atoms with van der Waals surface area (Å²) in [6, 6.07) is 8.54. The lowest BCUT2D eigenvalue weighted by atomic mass is 10.1. The van der Waals surface area contributed by atoms with E-state index in [2.05, 4.69) is 15.3 Å². The van der Waals surface area contributed by atoms with E-state index in [1.54, 1.807) is 24.3 Å². The molecule has 0 amide bonds. The molecule has 0 atom stereocenters. The predicted molar refractivity (Wildman–Crippen MR) is 113 cm³/mol. The van der Waals surface area contributed by atoms with Crippen molar-refractivity contribution in [2.24, 2.45) is 5.92 Å². The fraction of sp³-hybridized carbons (Fsp3) is 0.286. The third-order valence-corrected chi connectivity index (χ3v) is 5.54. The van der Waals surface area contributed by atoms with Gasteiger partial charge in [-0.15, -0.1) is 16.4 Å². The first-order valence-electron chi connectivity index (χ1n) is 9.29. The number of esters is 1. The quantitative estimate of drug-likeness (QED) is 0.477. The van der Waals surface area contributed by atoms with Crippen molar-refractivity contribution in [3.05, 3.63) is 57.5 Å². The second-order valence-electron chi connectivity index (χ2n) is 7.39. The van der Waals surface area contributed by atoms with Gasteiger partial charge in [0.05, 0.1) is 17.9 Å². The molecule has 7 nitrogen and oxygen atoms in total. The number of nitrogens with zero attached hydrogens (tertiary/aromatic N) is 4. The summed E-state index contributed by atoms with van der Waals surface area (Å²) >= 11 is 1.32. The zero-order valence-corrected chi connectivity index (χ0v) is 17.4. The highest BCUT2D eigenvalue weighted by atomic mass is 32.1. The van der Waals surface area contributed by atoms with Crippen LogP contribution in [0.15, 0.2) is 35.1 Å². The largest absolute Gasteiger partial charge is 0.462 e. The fourth-order valence-electron chi connectivity index (χ4n) is 3.12. The Morgan fingerprint density at radius 1 is 1.21 bits per heavy atom. The summed E-state index contributed by atoms with van der Waals surface area (Å²) in [6.07, 6.45) is 0. The van der Waals surface area contributed by atoms with Crippen molar-refractivity contribution in [1.82, 2.24) is 20.0 Å². The van der Waals surface area contributed by atoms with Crippen LogP contribution in [0, 0.1) is 19.8 Å². The minimum absolute atomic E-state index is 0.259. The van der Waals surface area contributed by atoms with Crippen LogP contribution in [0.2, 0.25) is 0 Å². The number of ether oxygens (including phenoxy) is 1. The SMILES string of the molecule is Cc1cc(C)c2c(n1)sc1c(=O)n(-c3ccc(C(=O)OCC(C)C)cc3)nnc12. The molecule has 0 saturated carbocycles. The summed E-state index contributed by atoms with van der Waals surface area (Å²) in [5.41, 5.74) is 3.19. The number of aryl methyl sites for hydroxylation is 2. The number of carbonyl (C=O) groups is 1. The van der Waals surface area contributed by atoms with Crippen molar-refractivity contribution in [3.8, 4) is 5.69 Å². The van der Waals surface area contributed by atoms with E-state index in [4.69, 9.17) is 4.74 Å². The Morgan fingerprint density at radius 3 is 2.62 bits per heavy atom. The van der Waals surface area contributed by atoms with Crippen molar-refractivity contribution in [2.75, 3.05) is 6.61 Å². The van der Waals surface area contributed by atoms with Gasteiger partial charge in [-0.25, -0.2) is 9.78 Å². The lowest BCUT2D eigenvalue weighted by Crippen LogP contribution is -2.21. The number of aromatic nitrogens is 4. The third-order valence-electron chi connectivity index (χ3n) is 4.48. The molecule has 0 aliphatic heterocycles. The molecular weight excluding hydrogens is 388 g/mol. The van der Waals surface area contributed by atoms with Crippen LogP contribution in [-0.4, -0.2) is 32.6 Å². The minimum atomic E-state index is -0.388. The van der Waals surface area contributed by atoms with E-state index in [0.717, 1.165) is 21.5 Å². The molecule has 3 heterocycles. The van der Waals surface area contributed by atoms with Crippen LogP contribution >= 0.6 is 11.3 Å². The van der Waals surface area contributed by atoms with Crippen molar-refractivity contribution < 1.29 is 9.53 Å². The molecular formula is C21H20N4O3S. The van der Waals surface area contributed by atoms with Crippen molar-refractivity contribution in [2.45, 2.75) is 27.7 Å². The Labute approximate surface area is 171 Å². The van der Waals surface area contributed by atoms with Crippen molar-refractivity contribution >= 4 is 37.7 Å². The van der Waals surface area contributed by atoms with E-state index >= 15 is 0 Å². The molecule has 0 N–H and O–H groups in total. The summed E-state index contributed by atoms with van der Waals surface area (Å²) in [5, 5.41) is 9.28. The van der Waals surface area contributed by atoms with Gasteiger partial charge in [0.2, 0.25) is 0 Å². The van der Waals surface area contributed by atoms with E-state index in [1.165, 1.54) is 16.0 Å². The van der Waals surface area contributed by atoms with Gasteiger partial charge in [-0.3, -0.25) is 4.79 Å². The van der Waals surface area contributed by atoms with Crippen molar-refractivity contribution in [1.29, 1.82) is 0 Å².